The third-order valence-corrected chi connectivity index (χ3v) is 5.67. The van der Waals surface area contributed by atoms with Gasteiger partial charge in [0.1, 0.15) is 11.6 Å². The quantitative estimate of drug-likeness (QED) is 0.417. The highest BCUT2D eigenvalue weighted by Gasteiger charge is 2.13. The lowest BCUT2D eigenvalue weighted by molar-refractivity contribution is 0.983. The van der Waals surface area contributed by atoms with E-state index in [2.05, 4.69) is 93.1 Å². The Bertz CT molecular complexity index is 1330. The van der Waals surface area contributed by atoms with Crippen LogP contribution in [0.5, 0.6) is 0 Å². The van der Waals surface area contributed by atoms with Crippen LogP contribution in [0.15, 0.2) is 60.0 Å². The topological polar surface area (TPSA) is 68.0 Å². The Balaban J connectivity index is 1.47. The summed E-state index contributed by atoms with van der Waals surface area (Å²) in [6, 6.07) is 18.6. The van der Waals surface area contributed by atoms with Crippen LogP contribution in [0.1, 0.15) is 17.0 Å². The lowest BCUT2D eigenvalue weighted by Gasteiger charge is -2.07. The number of fused-ring (bicyclic) bond motifs is 1. The van der Waals surface area contributed by atoms with Gasteiger partial charge in [-0.2, -0.15) is 4.98 Å². The Morgan fingerprint density at radius 3 is 2.17 bits per heavy atom. The maximum atomic E-state index is 4.65. The van der Waals surface area contributed by atoms with Gasteiger partial charge in [0.15, 0.2) is 0 Å². The molecule has 0 unspecified atom stereocenters. The third kappa shape index (κ3) is 3.55. The van der Waals surface area contributed by atoms with Gasteiger partial charge in [-0.05, 0) is 20.8 Å². The first-order valence-corrected chi connectivity index (χ1v) is 10.5. The van der Waals surface area contributed by atoms with Crippen molar-refractivity contribution in [2.24, 2.45) is 0 Å². The zero-order chi connectivity index (χ0) is 20.7. The Hall–Kier alpha value is -3.58. The SMILES string of the molecule is Cc1ccc(-c2cc(Nc3nc4scc(-c5ccc(C)cc5)n4n3)nc(C)n2)cc1. The molecule has 0 amide bonds. The summed E-state index contributed by atoms with van der Waals surface area (Å²) in [5.74, 6) is 1.88. The van der Waals surface area contributed by atoms with Gasteiger partial charge in [0, 0.05) is 22.6 Å². The van der Waals surface area contributed by atoms with Gasteiger partial charge in [-0.1, -0.05) is 59.7 Å². The van der Waals surface area contributed by atoms with Crippen molar-refractivity contribution in [1.29, 1.82) is 0 Å². The summed E-state index contributed by atoms with van der Waals surface area (Å²) < 4.78 is 1.87. The number of nitrogens with zero attached hydrogens (tertiary/aromatic N) is 5. The van der Waals surface area contributed by atoms with E-state index in [1.165, 1.54) is 11.1 Å². The van der Waals surface area contributed by atoms with Gasteiger partial charge in [0.25, 0.3) is 0 Å². The van der Waals surface area contributed by atoms with Gasteiger partial charge >= 0.3 is 0 Å². The van der Waals surface area contributed by atoms with E-state index >= 15 is 0 Å². The second kappa shape index (κ2) is 7.35. The van der Waals surface area contributed by atoms with Crippen molar-refractivity contribution in [2.75, 3.05) is 5.32 Å². The largest absolute Gasteiger partial charge is 0.307 e. The van der Waals surface area contributed by atoms with Crippen LogP contribution in [-0.2, 0) is 0 Å². The van der Waals surface area contributed by atoms with Crippen molar-refractivity contribution in [3.8, 4) is 22.5 Å². The predicted octanol–water partition coefficient (Wildman–Crippen LogP) is 5.58. The predicted molar refractivity (Wildman–Crippen MR) is 121 cm³/mol. The molecule has 0 aliphatic rings. The number of aryl methyl sites for hydroxylation is 3. The zero-order valence-electron chi connectivity index (χ0n) is 16.9. The maximum Gasteiger partial charge on any atom is 0.249 e. The minimum Gasteiger partial charge on any atom is -0.307 e. The zero-order valence-corrected chi connectivity index (χ0v) is 17.7. The van der Waals surface area contributed by atoms with Crippen molar-refractivity contribution in [1.82, 2.24) is 24.6 Å². The molecule has 2 aromatic carbocycles. The van der Waals surface area contributed by atoms with Crippen LogP contribution in [-0.4, -0.2) is 24.6 Å². The van der Waals surface area contributed by atoms with Gasteiger partial charge < -0.3 is 5.32 Å². The molecule has 0 radical (unpaired) electrons. The molecule has 0 aliphatic carbocycles. The molecule has 0 fully saturated rings. The van der Waals surface area contributed by atoms with Gasteiger partial charge in [-0.25, -0.2) is 14.5 Å². The van der Waals surface area contributed by atoms with Crippen LogP contribution in [0.4, 0.5) is 11.8 Å². The van der Waals surface area contributed by atoms with Crippen LogP contribution in [0.25, 0.3) is 27.5 Å². The Morgan fingerprint density at radius 2 is 1.47 bits per heavy atom. The average molecular weight is 413 g/mol. The molecule has 3 heterocycles. The summed E-state index contributed by atoms with van der Waals surface area (Å²) in [5, 5.41) is 9.97. The van der Waals surface area contributed by atoms with E-state index in [-0.39, 0.29) is 0 Å². The van der Waals surface area contributed by atoms with Gasteiger partial charge in [0.2, 0.25) is 10.9 Å². The lowest BCUT2D eigenvalue weighted by atomic mass is 10.1. The van der Waals surface area contributed by atoms with E-state index in [9.17, 15) is 0 Å². The first kappa shape index (κ1) is 18.4. The summed E-state index contributed by atoms with van der Waals surface area (Å²) in [6.07, 6.45) is 0. The molecule has 0 atom stereocenters. The van der Waals surface area contributed by atoms with Crippen molar-refractivity contribution < 1.29 is 0 Å². The number of hydrogen-bond donors (Lipinski definition) is 1. The smallest absolute Gasteiger partial charge is 0.249 e. The summed E-state index contributed by atoms with van der Waals surface area (Å²) >= 11 is 1.57. The molecule has 3 aromatic heterocycles. The molecule has 7 heteroatoms. The van der Waals surface area contributed by atoms with E-state index in [0.717, 1.165) is 27.5 Å². The number of thiazole rings is 1. The molecule has 6 nitrogen and oxygen atoms in total. The maximum absolute atomic E-state index is 4.65. The van der Waals surface area contributed by atoms with Gasteiger partial charge in [0.05, 0.1) is 11.4 Å². The summed E-state index contributed by atoms with van der Waals surface area (Å²) in [7, 11) is 0. The number of hydrogen-bond acceptors (Lipinski definition) is 6. The second-order valence-corrected chi connectivity index (χ2v) is 8.13. The monoisotopic (exact) mass is 412 g/mol. The normalized spacial score (nSPS) is 11.2. The number of rotatable bonds is 4. The van der Waals surface area contributed by atoms with Crippen molar-refractivity contribution in [3.63, 3.8) is 0 Å². The molecule has 0 spiro atoms. The van der Waals surface area contributed by atoms with Crippen molar-refractivity contribution in [2.45, 2.75) is 20.8 Å². The highest BCUT2D eigenvalue weighted by Crippen LogP contribution is 2.27. The molecule has 1 N–H and O–H groups in total. The van der Waals surface area contributed by atoms with E-state index in [1.54, 1.807) is 11.3 Å². The molecule has 0 saturated carbocycles. The number of nitrogens with one attached hydrogen (secondary N) is 1. The van der Waals surface area contributed by atoms with Crippen LogP contribution in [0.2, 0.25) is 0 Å². The molecular formula is C23H20N6S. The van der Waals surface area contributed by atoms with E-state index in [0.29, 0.717) is 17.6 Å². The molecule has 148 valence electrons. The molecular weight excluding hydrogens is 392 g/mol. The molecule has 0 saturated heterocycles. The Labute approximate surface area is 178 Å². The van der Waals surface area contributed by atoms with E-state index < -0.39 is 0 Å². The highest BCUT2D eigenvalue weighted by molar-refractivity contribution is 7.15. The number of anilines is 2. The van der Waals surface area contributed by atoms with Crippen LogP contribution >= 0.6 is 11.3 Å². The fourth-order valence-corrected chi connectivity index (χ4v) is 4.11. The van der Waals surface area contributed by atoms with Crippen LogP contribution < -0.4 is 5.32 Å². The summed E-state index contributed by atoms with van der Waals surface area (Å²) in [4.78, 5) is 14.5. The molecule has 5 aromatic rings. The highest BCUT2D eigenvalue weighted by atomic mass is 32.1. The molecule has 0 bridgehead atoms. The first-order valence-electron chi connectivity index (χ1n) is 9.66. The average Bonchev–Trinajstić information content (AvgIpc) is 3.29. The second-order valence-electron chi connectivity index (χ2n) is 7.29. The Morgan fingerprint density at radius 1 is 0.800 bits per heavy atom. The minimum absolute atomic E-state index is 0.517. The van der Waals surface area contributed by atoms with E-state index in [1.807, 2.05) is 17.5 Å². The standard InChI is InChI=1S/C23H20N6S/c1-14-4-8-17(9-5-14)19-12-21(25-16(3)24-19)26-22-27-23-29(28-22)20(13-30-23)18-10-6-15(2)7-11-18/h4-13H,1-3H3,(H,24,25,26,28). The van der Waals surface area contributed by atoms with Crippen molar-refractivity contribution >= 4 is 28.1 Å². The first-order chi connectivity index (χ1) is 14.5. The summed E-state index contributed by atoms with van der Waals surface area (Å²) in [5.41, 5.74) is 6.50. The van der Waals surface area contributed by atoms with Crippen LogP contribution in [0.3, 0.4) is 0 Å². The molecule has 5 rings (SSSR count). The van der Waals surface area contributed by atoms with E-state index in [4.69, 9.17) is 0 Å². The van der Waals surface area contributed by atoms with Gasteiger partial charge in [-0.15, -0.1) is 16.4 Å². The van der Waals surface area contributed by atoms with Gasteiger partial charge in [-0.3, -0.25) is 0 Å². The lowest BCUT2D eigenvalue weighted by Crippen LogP contribution is -2.00. The number of aromatic nitrogens is 5. The summed E-state index contributed by atoms with van der Waals surface area (Å²) in [6.45, 7) is 6.04. The minimum atomic E-state index is 0.517. The van der Waals surface area contributed by atoms with Crippen LogP contribution in [0, 0.1) is 20.8 Å². The Kier molecular flexibility index (Phi) is 4.52. The molecule has 0 aliphatic heterocycles. The fourth-order valence-electron chi connectivity index (χ4n) is 3.28. The fraction of sp³-hybridized carbons (Fsp3) is 0.130. The van der Waals surface area contributed by atoms with Crippen molar-refractivity contribution in [3.05, 3.63) is 76.9 Å². The number of benzene rings is 2. The third-order valence-electron chi connectivity index (χ3n) is 4.85. The molecule has 30 heavy (non-hydrogen) atoms.